The molecule has 2 aromatic rings. The summed E-state index contributed by atoms with van der Waals surface area (Å²) in [4.78, 5) is 15.2. The molecule has 0 atom stereocenters. The van der Waals surface area contributed by atoms with Gasteiger partial charge in [-0.25, -0.2) is 14.5 Å². The van der Waals surface area contributed by atoms with Gasteiger partial charge in [-0.15, -0.1) is 0 Å². The van der Waals surface area contributed by atoms with Crippen LogP contribution in [-0.4, -0.2) is 25.8 Å². The van der Waals surface area contributed by atoms with Gasteiger partial charge in [0.2, 0.25) is 0 Å². The summed E-state index contributed by atoms with van der Waals surface area (Å²) in [7, 11) is 0. The van der Waals surface area contributed by atoms with Crippen molar-refractivity contribution in [3.63, 3.8) is 0 Å². The molecule has 100 valence electrons. The Morgan fingerprint density at radius 2 is 2.32 bits per heavy atom. The van der Waals surface area contributed by atoms with Crippen molar-refractivity contribution in [3.8, 4) is 0 Å². The Balaban J connectivity index is 2.41. The van der Waals surface area contributed by atoms with E-state index in [0.29, 0.717) is 18.2 Å². The van der Waals surface area contributed by atoms with Crippen LogP contribution in [0.15, 0.2) is 18.3 Å². The molecule has 0 saturated carbocycles. The molecule has 0 saturated heterocycles. The Morgan fingerprint density at radius 1 is 1.58 bits per heavy atom. The molecule has 7 heteroatoms. The largest absolute Gasteiger partial charge is 0.476 e. The number of carboxylic acids is 1. The van der Waals surface area contributed by atoms with E-state index in [4.69, 9.17) is 16.7 Å². The minimum Gasteiger partial charge on any atom is -0.476 e. The minimum absolute atomic E-state index is 0.0812. The van der Waals surface area contributed by atoms with Crippen LogP contribution in [0, 0.1) is 6.92 Å². The van der Waals surface area contributed by atoms with Crippen molar-refractivity contribution >= 4 is 29.2 Å². The van der Waals surface area contributed by atoms with E-state index in [0.717, 1.165) is 5.56 Å². The summed E-state index contributed by atoms with van der Waals surface area (Å²) in [6.07, 6.45) is 1.66. The van der Waals surface area contributed by atoms with Gasteiger partial charge in [0.05, 0.1) is 0 Å². The lowest BCUT2D eigenvalue weighted by Crippen LogP contribution is -2.04. The number of aryl methyl sites for hydroxylation is 2. The van der Waals surface area contributed by atoms with Crippen LogP contribution in [0.1, 0.15) is 23.0 Å². The van der Waals surface area contributed by atoms with Gasteiger partial charge in [0.1, 0.15) is 16.7 Å². The van der Waals surface area contributed by atoms with Crippen LogP contribution in [-0.2, 0) is 6.54 Å². The van der Waals surface area contributed by atoms with Gasteiger partial charge >= 0.3 is 5.97 Å². The second kappa shape index (κ2) is 5.27. The fraction of sp³-hybridized carbons (Fsp3) is 0.250. The van der Waals surface area contributed by atoms with Gasteiger partial charge in [0, 0.05) is 12.7 Å². The van der Waals surface area contributed by atoms with E-state index in [-0.39, 0.29) is 10.7 Å². The second-order valence-electron chi connectivity index (χ2n) is 3.98. The van der Waals surface area contributed by atoms with Crippen LogP contribution in [0.5, 0.6) is 0 Å². The number of rotatable bonds is 4. The summed E-state index contributed by atoms with van der Waals surface area (Å²) in [6.45, 7) is 4.29. The van der Waals surface area contributed by atoms with Crippen molar-refractivity contribution in [3.05, 3.63) is 34.6 Å². The summed E-state index contributed by atoms with van der Waals surface area (Å²) in [5, 5.41) is 16.0. The van der Waals surface area contributed by atoms with Crippen molar-refractivity contribution in [2.75, 3.05) is 5.32 Å². The molecule has 0 aliphatic carbocycles. The molecule has 2 rings (SSSR count). The Labute approximate surface area is 115 Å². The summed E-state index contributed by atoms with van der Waals surface area (Å²) in [5.74, 6) is -0.134. The van der Waals surface area contributed by atoms with Crippen molar-refractivity contribution < 1.29 is 9.90 Å². The van der Waals surface area contributed by atoms with E-state index in [1.807, 2.05) is 26.0 Å². The molecule has 2 aromatic heterocycles. The number of hydrogen-bond donors (Lipinski definition) is 2. The van der Waals surface area contributed by atoms with Crippen molar-refractivity contribution in [1.29, 1.82) is 0 Å². The van der Waals surface area contributed by atoms with Gasteiger partial charge in [0.15, 0.2) is 5.69 Å². The van der Waals surface area contributed by atoms with Crippen molar-refractivity contribution in [1.82, 2.24) is 14.8 Å². The molecule has 0 fully saturated rings. The number of nitrogens with zero attached hydrogens (tertiary/aromatic N) is 3. The zero-order valence-electron chi connectivity index (χ0n) is 10.5. The van der Waals surface area contributed by atoms with Crippen molar-refractivity contribution in [2.24, 2.45) is 0 Å². The van der Waals surface area contributed by atoms with Crippen LogP contribution in [0.25, 0.3) is 0 Å². The van der Waals surface area contributed by atoms with E-state index in [9.17, 15) is 4.79 Å². The molecule has 0 radical (unpaired) electrons. The molecular weight excluding hydrogens is 268 g/mol. The summed E-state index contributed by atoms with van der Waals surface area (Å²) >= 11 is 6.04. The molecular formula is C12H13ClN4O2. The van der Waals surface area contributed by atoms with Gasteiger partial charge in [-0.1, -0.05) is 11.6 Å². The van der Waals surface area contributed by atoms with Crippen LogP contribution in [0.2, 0.25) is 5.02 Å². The first-order valence-corrected chi connectivity index (χ1v) is 6.10. The molecule has 0 aliphatic heterocycles. The van der Waals surface area contributed by atoms with Gasteiger partial charge in [-0.3, -0.25) is 0 Å². The maximum atomic E-state index is 11.0. The van der Waals surface area contributed by atoms with E-state index in [1.165, 1.54) is 4.68 Å². The third kappa shape index (κ3) is 2.68. The number of anilines is 2. The quantitative estimate of drug-likeness (QED) is 0.900. The Kier molecular flexibility index (Phi) is 3.71. The van der Waals surface area contributed by atoms with Crippen LogP contribution < -0.4 is 5.32 Å². The Bertz CT molecular complexity index is 624. The van der Waals surface area contributed by atoms with Gasteiger partial charge in [0.25, 0.3) is 0 Å². The smallest absolute Gasteiger partial charge is 0.358 e. The highest BCUT2D eigenvalue weighted by Gasteiger charge is 2.20. The van der Waals surface area contributed by atoms with E-state index < -0.39 is 5.97 Å². The number of pyridine rings is 1. The average molecular weight is 281 g/mol. The number of aromatic carboxylic acids is 1. The zero-order chi connectivity index (χ0) is 14.0. The molecule has 2 N–H and O–H groups in total. The third-order valence-electron chi connectivity index (χ3n) is 2.56. The maximum absolute atomic E-state index is 11.0. The molecule has 0 spiro atoms. The summed E-state index contributed by atoms with van der Waals surface area (Å²) in [5.41, 5.74) is 0.869. The standard InChI is InChI=1S/C12H13ClN4O2/c1-3-17-11(9(13)10(16-17)12(18)19)15-8-6-7(2)4-5-14-8/h4-6H,3H2,1-2H3,(H,14,15)(H,18,19). The molecule has 19 heavy (non-hydrogen) atoms. The molecule has 0 aromatic carbocycles. The summed E-state index contributed by atoms with van der Waals surface area (Å²) < 4.78 is 1.50. The minimum atomic E-state index is -1.16. The topological polar surface area (TPSA) is 80.0 Å². The highest BCUT2D eigenvalue weighted by Crippen LogP contribution is 2.28. The average Bonchev–Trinajstić information content (AvgIpc) is 2.67. The van der Waals surface area contributed by atoms with Gasteiger partial charge < -0.3 is 10.4 Å². The fourth-order valence-electron chi connectivity index (χ4n) is 1.65. The number of carboxylic acid groups (broad SMARTS) is 1. The number of carbonyl (C=O) groups is 1. The number of halogens is 1. The van der Waals surface area contributed by atoms with E-state index >= 15 is 0 Å². The first-order valence-electron chi connectivity index (χ1n) is 5.72. The lowest BCUT2D eigenvalue weighted by atomic mass is 10.3. The fourth-order valence-corrected chi connectivity index (χ4v) is 1.91. The first kappa shape index (κ1) is 13.4. The SMILES string of the molecule is CCn1nc(C(=O)O)c(Cl)c1Nc1cc(C)ccn1. The van der Waals surface area contributed by atoms with E-state index in [2.05, 4.69) is 15.4 Å². The van der Waals surface area contributed by atoms with Gasteiger partial charge in [-0.05, 0) is 31.5 Å². The molecule has 0 unspecified atom stereocenters. The molecule has 0 bridgehead atoms. The highest BCUT2D eigenvalue weighted by atomic mass is 35.5. The van der Waals surface area contributed by atoms with Crippen LogP contribution >= 0.6 is 11.6 Å². The monoisotopic (exact) mass is 280 g/mol. The van der Waals surface area contributed by atoms with Crippen LogP contribution in [0.3, 0.4) is 0 Å². The van der Waals surface area contributed by atoms with E-state index in [1.54, 1.807) is 6.20 Å². The predicted molar refractivity (Wildman–Crippen MR) is 72.1 cm³/mol. The normalized spacial score (nSPS) is 10.5. The number of hydrogen-bond acceptors (Lipinski definition) is 4. The lowest BCUT2D eigenvalue weighted by molar-refractivity contribution is 0.0689. The number of aromatic nitrogens is 3. The van der Waals surface area contributed by atoms with Crippen molar-refractivity contribution in [2.45, 2.75) is 20.4 Å². The Morgan fingerprint density at radius 3 is 2.89 bits per heavy atom. The lowest BCUT2D eigenvalue weighted by Gasteiger charge is -2.08. The highest BCUT2D eigenvalue weighted by molar-refractivity contribution is 6.35. The predicted octanol–water partition coefficient (Wildman–Crippen LogP) is 2.70. The molecule has 6 nitrogen and oxygen atoms in total. The number of nitrogens with one attached hydrogen (secondary N) is 1. The maximum Gasteiger partial charge on any atom is 0.358 e. The molecule has 2 heterocycles. The zero-order valence-corrected chi connectivity index (χ0v) is 11.3. The summed E-state index contributed by atoms with van der Waals surface area (Å²) in [6, 6.07) is 3.70. The first-order chi connectivity index (χ1) is 9.02. The second-order valence-corrected chi connectivity index (χ2v) is 4.35. The third-order valence-corrected chi connectivity index (χ3v) is 2.92. The Hall–Kier alpha value is -2.08. The molecule has 0 amide bonds. The van der Waals surface area contributed by atoms with Gasteiger partial charge in [-0.2, -0.15) is 5.10 Å². The molecule has 0 aliphatic rings. The van der Waals surface area contributed by atoms with Crippen LogP contribution in [0.4, 0.5) is 11.6 Å².